The molecule has 0 spiro atoms. The summed E-state index contributed by atoms with van der Waals surface area (Å²) >= 11 is 1.69. The van der Waals surface area contributed by atoms with Crippen molar-refractivity contribution in [2.45, 2.75) is 38.0 Å². The zero-order valence-electron chi connectivity index (χ0n) is 11.0. The minimum absolute atomic E-state index is 0.542. The summed E-state index contributed by atoms with van der Waals surface area (Å²) in [4.78, 5) is 4.47. The number of aromatic nitrogens is 1. The third-order valence-corrected chi connectivity index (χ3v) is 3.80. The van der Waals surface area contributed by atoms with Gasteiger partial charge in [0.15, 0.2) is 5.58 Å². The second kappa shape index (κ2) is 6.81. The fourth-order valence-electron chi connectivity index (χ4n) is 1.97. The molecular formula is C14H20N2OS. The number of hydrogen-bond acceptors (Lipinski definition) is 4. The molecule has 0 aliphatic rings. The molecule has 1 heterocycles. The highest BCUT2D eigenvalue weighted by atomic mass is 32.2. The maximum Gasteiger partial charge on any atom is 0.256 e. The molecule has 0 radical (unpaired) electrons. The first kappa shape index (κ1) is 13.4. The van der Waals surface area contributed by atoms with Crippen LogP contribution >= 0.6 is 11.8 Å². The van der Waals surface area contributed by atoms with Crippen molar-refractivity contribution >= 4 is 22.9 Å². The molecule has 0 aliphatic carbocycles. The zero-order chi connectivity index (χ0) is 12.8. The standard InChI is InChI=1S/C14H20N2OS/c1-3-7-11(15-4-2)10-18-14-16-12-8-5-6-9-13(12)17-14/h5-6,8-9,11,15H,3-4,7,10H2,1-2H3. The molecule has 1 N–H and O–H groups in total. The largest absolute Gasteiger partial charge is 0.431 e. The summed E-state index contributed by atoms with van der Waals surface area (Å²) in [6.45, 7) is 5.37. The fraction of sp³-hybridized carbons (Fsp3) is 0.500. The Hall–Kier alpha value is -1.00. The van der Waals surface area contributed by atoms with Crippen LogP contribution in [0.3, 0.4) is 0 Å². The van der Waals surface area contributed by atoms with Crippen LogP contribution in [0.5, 0.6) is 0 Å². The number of fused-ring (bicyclic) bond motifs is 1. The molecule has 2 aromatic rings. The minimum atomic E-state index is 0.542. The van der Waals surface area contributed by atoms with Crippen molar-refractivity contribution in [3.05, 3.63) is 24.3 Å². The molecule has 0 saturated heterocycles. The van der Waals surface area contributed by atoms with Crippen LogP contribution in [0.25, 0.3) is 11.1 Å². The molecular weight excluding hydrogens is 244 g/mol. The molecule has 0 fully saturated rings. The van der Waals surface area contributed by atoms with E-state index >= 15 is 0 Å². The van der Waals surface area contributed by atoms with Gasteiger partial charge < -0.3 is 9.73 Å². The number of hydrogen-bond donors (Lipinski definition) is 1. The highest BCUT2D eigenvalue weighted by molar-refractivity contribution is 7.99. The highest BCUT2D eigenvalue weighted by Crippen LogP contribution is 2.24. The minimum Gasteiger partial charge on any atom is -0.431 e. The van der Waals surface area contributed by atoms with Gasteiger partial charge in [0.1, 0.15) is 5.52 Å². The van der Waals surface area contributed by atoms with E-state index in [0.717, 1.165) is 28.6 Å². The number of benzene rings is 1. The molecule has 0 aliphatic heterocycles. The van der Waals surface area contributed by atoms with Gasteiger partial charge in [-0.05, 0) is 25.1 Å². The normalized spacial score (nSPS) is 13.0. The molecule has 98 valence electrons. The van der Waals surface area contributed by atoms with E-state index in [1.165, 1.54) is 12.8 Å². The van der Waals surface area contributed by atoms with Crippen LogP contribution in [0.2, 0.25) is 0 Å². The molecule has 1 unspecified atom stereocenters. The maximum absolute atomic E-state index is 5.70. The number of oxazole rings is 1. The van der Waals surface area contributed by atoms with Gasteiger partial charge in [0, 0.05) is 11.8 Å². The molecule has 1 aromatic heterocycles. The third kappa shape index (κ3) is 3.50. The predicted octanol–water partition coefficient (Wildman–Crippen LogP) is 3.70. The van der Waals surface area contributed by atoms with Gasteiger partial charge in [-0.3, -0.25) is 0 Å². The lowest BCUT2D eigenvalue weighted by atomic mass is 10.2. The number of para-hydroxylation sites is 2. The van der Waals surface area contributed by atoms with Crippen LogP contribution in [-0.4, -0.2) is 23.3 Å². The van der Waals surface area contributed by atoms with Gasteiger partial charge in [-0.2, -0.15) is 0 Å². The van der Waals surface area contributed by atoms with Crippen molar-refractivity contribution in [3.63, 3.8) is 0 Å². The molecule has 2 rings (SSSR count). The smallest absolute Gasteiger partial charge is 0.256 e. The molecule has 0 saturated carbocycles. The highest BCUT2D eigenvalue weighted by Gasteiger charge is 2.10. The van der Waals surface area contributed by atoms with Crippen LogP contribution in [-0.2, 0) is 0 Å². The van der Waals surface area contributed by atoms with Crippen LogP contribution in [0.1, 0.15) is 26.7 Å². The van der Waals surface area contributed by atoms with E-state index in [0.29, 0.717) is 6.04 Å². The van der Waals surface area contributed by atoms with E-state index in [-0.39, 0.29) is 0 Å². The Morgan fingerprint density at radius 2 is 2.17 bits per heavy atom. The lowest BCUT2D eigenvalue weighted by Gasteiger charge is -2.15. The van der Waals surface area contributed by atoms with Gasteiger partial charge in [-0.25, -0.2) is 4.98 Å². The van der Waals surface area contributed by atoms with Gasteiger partial charge in [-0.1, -0.05) is 44.2 Å². The maximum atomic E-state index is 5.70. The summed E-state index contributed by atoms with van der Waals surface area (Å²) in [5, 5.41) is 4.27. The molecule has 18 heavy (non-hydrogen) atoms. The summed E-state index contributed by atoms with van der Waals surface area (Å²) in [5.41, 5.74) is 1.81. The van der Waals surface area contributed by atoms with Crippen LogP contribution < -0.4 is 5.32 Å². The second-order valence-electron chi connectivity index (χ2n) is 4.30. The first-order chi connectivity index (χ1) is 8.83. The van der Waals surface area contributed by atoms with Gasteiger partial charge in [0.05, 0.1) is 0 Å². The van der Waals surface area contributed by atoms with E-state index in [9.17, 15) is 0 Å². The summed E-state index contributed by atoms with van der Waals surface area (Å²) in [6, 6.07) is 8.44. The topological polar surface area (TPSA) is 38.1 Å². The van der Waals surface area contributed by atoms with E-state index in [2.05, 4.69) is 24.1 Å². The second-order valence-corrected chi connectivity index (χ2v) is 5.27. The van der Waals surface area contributed by atoms with E-state index in [1.54, 1.807) is 11.8 Å². The molecule has 1 aromatic carbocycles. The van der Waals surface area contributed by atoms with Crippen molar-refractivity contribution in [1.82, 2.24) is 10.3 Å². The molecule has 0 amide bonds. The third-order valence-electron chi connectivity index (χ3n) is 2.81. The Balaban J connectivity index is 1.95. The molecule has 1 atom stereocenters. The van der Waals surface area contributed by atoms with E-state index in [4.69, 9.17) is 4.42 Å². The van der Waals surface area contributed by atoms with Crippen molar-refractivity contribution in [1.29, 1.82) is 0 Å². The average Bonchev–Trinajstić information content (AvgIpc) is 2.79. The van der Waals surface area contributed by atoms with Crippen molar-refractivity contribution in [3.8, 4) is 0 Å². The number of nitrogens with zero attached hydrogens (tertiary/aromatic N) is 1. The lowest BCUT2D eigenvalue weighted by Crippen LogP contribution is -2.30. The molecule has 3 nitrogen and oxygen atoms in total. The number of rotatable bonds is 7. The van der Waals surface area contributed by atoms with Crippen molar-refractivity contribution in [2.24, 2.45) is 0 Å². The fourth-order valence-corrected chi connectivity index (χ4v) is 2.91. The van der Waals surface area contributed by atoms with Crippen LogP contribution in [0, 0.1) is 0 Å². The zero-order valence-corrected chi connectivity index (χ0v) is 11.8. The first-order valence-corrected chi connectivity index (χ1v) is 7.53. The summed E-state index contributed by atoms with van der Waals surface area (Å²) in [7, 11) is 0. The van der Waals surface area contributed by atoms with Gasteiger partial charge in [0.2, 0.25) is 0 Å². The first-order valence-electron chi connectivity index (χ1n) is 6.55. The Kier molecular flexibility index (Phi) is 5.08. The monoisotopic (exact) mass is 264 g/mol. The summed E-state index contributed by atoms with van der Waals surface area (Å²) < 4.78 is 5.70. The van der Waals surface area contributed by atoms with E-state index in [1.807, 2.05) is 24.3 Å². The Bertz CT molecular complexity index is 444. The Morgan fingerprint density at radius 3 is 2.89 bits per heavy atom. The number of thioether (sulfide) groups is 1. The quantitative estimate of drug-likeness (QED) is 0.774. The van der Waals surface area contributed by atoms with E-state index < -0.39 is 0 Å². The van der Waals surface area contributed by atoms with Crippen LogP contribution in [0.4, 0.5) is 0 Å². The van der Waals surface area contributed by atoms with Gasteiger partial charge in [0.25, 0.3) is 5.22 Å². The van der Waals surface area contributed by atoms with Crippen LogP contribution in [0.15, 0.2) is 33.9 Å². The average molecular weight is 264 g/mol. The SMILES string of the molecule is CCCC(CSc1nc2ccccc2o1)NCC. The predicted molar refractivity (Wildman–Crippen MR) is 77.1 cm³/mol. The van der Waals surface area contributed by atoms with Gasteiger partial charge >= 0.3 is 0 Å². The Labute approximate surface area is 112 Å². The van der Waals surface area contributed by atoms with Crippen molar-refractivity contribution < 1.29 is 4.42 Å². The van der Waals surface area contributed by atoms with Crippen molar-refractivity contribution in [2.75, 3.05) is 12.3 Å². The summed E-state index contributed by atoms with van der Waals surface area (Å²) in [6.07, 6.45) is 2.40. The lowest BCUT2D eigenvalue weighted by molar-refractivity contribution is 0.485. The number of nitrogens with one attached hydrogen (secondary N) is 1. The summed E-state index contributed by atoms with van der Waals surface area (Å²) in [5.74, 6) is 1.01. The molecule has 4 heteroatoms. The Morgan fingerprint density at radius 1 is 1.33 bits per heavy atom. The van der Waals surface area contributed by atoms with Gasteiger partial charge in [-0.15, -0.1) is 0 Å². The molecule has 0 bridgehead atoms.